The maximum absolute atomic E-state index is 8.94. The molecule has 16 heavy (non-hydrogen) atoms. The summed E-state index contributed by atoms with van der Waals surface area (Å²) in [5.74, 6) is 0.820. The van der Waals surface area contributed by atoms with Crippen LogP contribution in [0.25, 0.3) is 5.82 Å². The van der Waals surface area contributed by atoms with E-state index in [0.717, 1.165) is 5.69 Å². The molecule has 0 aromatic carbocycles. The lowest BCUT2D eigenvalue weighted by Crippen LogP contribution is -2.03. The van der Waals surface area contributed by atoms with Crippen molar-refractivity contribution in [2.45, 2.75) is 19.8 Å². The standard InChI is InChI=1S/C11H11N5/c1-8(2)10-4-6-16(15-10)11-9(7-12)3-5-13-14-11/h3-6,8H,1-2H3. The third-order valence-electron chi connectivity index (χ3n) is 2.24. The molecule has 0 radical (unpaired) electrons. The highest BCUT2D eigenvalue weighted by Crippen LogP contribution is 2.14. The van der Waals surface area contributed by atoms with E-state index in [1.807, 2.05) is 6.07 Å². The van der Waals surface area contributed by atoms with E-state index >= 15 is 0 Å². The molecule has 2 aromatic heterocycles. The number of nitriles is 1. The van der Waals surface area contributed by atoms with E-state index < -0.39 is 0 Å². The lowest BCUT2D eigenvalue weighted by atomic mass is 10.1. The summed E-state index contributed by atoms with van der Waals surface area (Å²) < 4.78 is 1.58. The van der Waals surface area contributed by atoms with Gasteiger partial charge in [0.05, 0.1) is 11.9 Å². The molecule has 0 saturated heterocycles. The zero-order valence-electron chi connectivity index (χ0n) is 9.12. The van der Waals surface area contributed by atoms with Crippen molar-refractivity contribution in [1.29, 1.82) is 5.26 Å². The maximum atomic E-state index is 8.94. The molecular formula is C11H11N5. The molecule has 0 aliphatic heterocycles. The highest BCUT2D eigenvalue weighted by molar-refractivity contribution is 5.41. The fourth-order valence-corrected chi connectivity index (χ4v) is 1.34. The van der Waals surface area contributed by atoms with Crippen molar-refractivity contribution in [3.8, 4) is 11.9 Å². The largest absolute Gasteiger partial charge is 0.219 e. The average Bonchev–Trinajstić information content (AvgIpc) is 2.78. The molecule has 5 nitrogen and oxygen atoms in total. The summed E-state index contributed by atoms with van der Waals surface area (Å²) in [7, 11) is 0. The van der Waals surface area contributed by atoms with Crippen molar-refractivity contribution in [1.82, 2.24) is 20.0 Å². The minimum Gasteiger partial charge on any atom is -0.219 e. The Hall–Kier alpha value is -2.22. The molecule has 0 bridgehead atoms. The van der Waals surface area contributed by atoms with Gasteiger partial charge in [0.15, 0.2) is 5.82 Å². The molecule has 2 aromatic rings. The van der Waals surface area contributed by atoms with Crippen LogP contribution in [0.4, 0.5) is 0 Å². The molecule has 5 heteroatoms. The van der Waals surface area contributed by atoms with E-state index in [9.17, 15) is 0 Å². The number of nitrogens with zero attached hydrogens (tertiary/aromatic N) is 5. The first-order chi connectivity index (χ1) is 7.72. The van der Waals surface area contributed by atoms with E-state index in [2.05, 4.69) is 35.2 Å². The Labute approximate surface area is 93.4 Å². The quantitative estimate of drug-likeness (QED) is 0.760. The smallest absolute Gasteiger partial charge is 0.193 e. The van der Waals surface area contributed by atoms with Crippen LogP contribution in [0.5, 0.6) is 0 Å². The van der Waals surface area contributed by atoms with Gasteiger partial charge in [0.25, 0.3) is 0 Å². The van der Waals surface area contributed by atoms with Crippen LogP contribution >= 0.6 is 0 Å². The average molecular weight is 213 g/mol. The van der Waals surface area contributed by atoms with Crippen molar-refractivity contribution in [2.24, 2.45) is 0 Å². The topological polar surface area (TPSA) is 67.4 Å². The summed E-state index contributed by atoms with van der Waals surface area (Å²) in [6.45, 7) is 4.13. The zero-order valence-corrected chi connectivity index (χ0v) is 9.12. The molecule has 0 unspecified atom stereocenters. The first kappa shape index (κ1) is 10.3. The van der Waals surface area contributed by atoms with Gasteiger partial charge in [-0.3, -0.25) is 0 Å². The predicted octanol–water partition coefficient (Wildman–Crippen LogP) is 1.66. The summed E-state index contributed by atoms with van der Waals surface area (Å²) in [5.41, 5.74) is 1.43. The van der Waals surface area contributed by atoms with Gasteiger partial charge in [-0.1, -0.05) is 13.8 Å². The lowest BCUT2D eigenvalue weighted by molar-refractivity contribution is 0.746. The number of aromatic nitrogens is 4. The Morgan fingerprint density at radius 3 is 2.81 bits per heavy atom. The molecule has 2 heterocycles. The van der Waals surface area contributed by atoms with Crippen molar-refractivity contribution >= 4 is 0 Å². The van der Waals surface area contributed by atoms with Crippen LogP contribution in [0.15, 0.2) is 24.5 Å². The molecule has 0 N–H and O–H groups in total. The zero-order chi connectivity index (χ0) is 11.5. The number of rotatable bonds is 2. The van der Waals surface area contributed by atoms with Crippen LogP contribution in [0, 0.1) is 11.3 Å². The first-order valence-corrected chi connectivity index (χ1v) is 5.00. The molecule has 0 atom stereocenters. The fourth-order valence-electron chi connectivity index (χ4n) is 1.34. The second-order valence-electron chi connectivity index (χ2n) is 3.72. The molecule has 0 saturated carbocycles. The number of hydrogen-bond donors (Lipinski definition) is 0. The highest BCUT2D eigenvalue weighted by atomic mass is 15.3. The molecule has 80 valence electrons. The molecule has 0 aliphatic rings. The second-order valence-corrected chi connectivity index (χ2v) is 3.72. The van der Waals surface area contributed by atoms with E-state index in [1.54, 1.807) is 16.9 Å². The molecule has 0 spiro atoms. The van der Waals surface area contributed by atoms with Crippen LogP contribution in [0.1, 0.15) is 31.0 Å². The minimum atomic E-state index is 0.350. The summed E-state index contributed by atoms with van der Waals surface area (Å²) in [4.78, 5) is 0. The van der Waals surface area contributed by atoms with Gasteiger partial charge in [-0.2, -0.15) is 15.5 Å². The number of hydrogen-bond acceptors (Lipinski definition) is 4. The Kier molecular flexibility index (Phi) is 2.64. The van der Waals surface area contributed by atoms with Crippen molar-refractivity contribution in [3.63, 3.8) is 0 Å². The van der Waals surface area contributed by atoms with Crippen LogP contribution in [-0.2, 0) is 0 Å². The van der Waals surface area contributed by atoms with Gasteiger partial charge < -0.3 is 0 Å². The van der Waals surface area contributed by atoms with E-state index in [-0.39, 0.29) is 0 Å². The van der Waals surface area contributed by atoms with Gasteiger partial charge in [0, 0.05) is 6.20 Å². The van der Waals surface area contributed by atoms with Crippen molar-refractivity contribution in [3.05, 3.63) is 35.8 Å². The van der Waals surface area contributed by atoms with E-state index in [1.165, 1.54) is 6.20 Å². The minimum absolute atomic E-state index is 0.350. The summed E-state index contributed by atoms with van der Waals surface area (Å²) in [6.07, 6.45) is 3.29. The second kappa shape index (κ2) is 4.11. The normalized spacial score (nSPS) is 10.4. The van der Waals surface area contributed by atoms with Crippen LogP contribution in [-0.4, -0.2) is 20.0 Å². The Bertz CT molecular complexity index is 535. The summed E-state index contributed by atoms with van der Waals surface area (Å²) in [5, 5.41) is 21.0. The molecule has 0 aliphatic carbocycles. The Morgan fingerprint density at radius 2 is 2.19 bits per heavy atom. The lowest BCUT2D eigenvalue weighted by Gasteiger charge is -2.01. The third-order valence-corrected chi connectivity index (χ3v) is 2.24. The summed E-state index contributed by atoms with van der Waals surface area (Å²) >= 11 is 0. The molecule has 0 amide bonds. The van der Waals surface area contributed by atoms with Gasteiger partial charge in [0.1, 0.15) is 11.6 Å². The first-order valence-electron chi connectivity index (χ1n) is 5.00. The summed E-state index contributed by atoms with van der Waals surface area (Å²) in [6, 6.07) is 5.61. The molecular weight excluding hydrogens is 202 g/mol. The van der Waals surface area contributed by atoms with Crippen LogP contribution in [0.3, 0.4) is 0 Å². The van der Waals surface area contributed by atoms with Gasteiger partial charge in [-0.05, 0) is 18.1 Å². The van der Waals surface area contributed by atoms with Gasteiger partial charge >= 0.3 is 0 Å². The monoisotopic (exact) mass is 213 g/mol. The van der Waals surface area contributed by atoms with E-state index in [4.69, 9.17) is 5.26 Å². The van der Waals surface area contributed by atoms with Crippen LogP contribution in [0.2, 0.25) is 0 Å². The highest BCUT2D eigenvalue weighted by Gasteiger charge is 2.09. The fraction of sp³-hybridized carbons (Fsp3) is 0.273. The predicted molar refractivity (Wildman–Crippen MR) is 58.0 cm³/mol. The molecule has 0 fully saturated rings. The van der Waals surface area contributed by atoms with Gasteiger partial charge in [-0.15, -0.1) is 5.10 Å². The van der Waals surface area contributed by atoms with Crippen molar-refractivity contribution < 1.29 is 0 Å². The third kappa shape index (κ3) is 1.77. The van der Waals surface area contributed by atoms with Gasteiger partial charge in [-0.25, -0.2) is 4.68 Å². The van der Waals surface area contributed by atoms with Crippen LogP contribution < -0.4 is 0 Å². The van der Waals surface area contributed by atoms with Crippen molar-refractivity contribution in [2.75, 3.05) is 0 Å². The van der Waals surface area contributed by atoms with E-state index in [0.29, 0.717) is 17.3 Å². The SMILES string of the molecule is CC(C)c1ccn(-c2nnccc2C#N)n1. The molecule has 2 rings (SSSR count). The van der Waals surface area contributed by atoms with Gasteiger partial charge in [0.2, 0.25) is 0 Å². The maximum Gasteiger partial charge on any atom is 0.193 e. The Morgan fingerprint density at radius 1 is 1.38 bits per heavy atom. The Balaban J connectivity index is 2.47.